The quantitative estimate of drug-likeness (QED) is 0.0794. The molecular formula is C34H67N2+. The summed E-state index contributed by atoms with van der Waals surface area (Å²) in [4.78, 5) is 0. The molecule has 0 saturated carbocycles. The van der Waals surface area contributed by atoms with Crippen LogP contribution in [-0.4, -0.2) is 4.57 Å². The van der Waals surface area contributed by atoms with Crippen molar-refractivity contribution < 1.29 is 4.57 Å². The van der Waals surface area contributed by atoms with Crippen LogP contribution in [0.2, 0.25) is 0 Å². The molecule has 0 aliphatic carbocycles. The third-order valence-corrected chi connectivity index (χ3v) is 8.22. The van der Waals surface area contributed by atoms with Gasteiger partial charge in [0.2, 0.25) is 0 Å². The van der Waals surface area contributed by atoms with Gasteiger partial charge in [-0.25, -0.2) is 9.13 Å². The maximum absolute atomic E-state index is 2.54. The lowest BCUT2D eigenvalue weighted by molar-refractivity contribution is -0.678. The van der Waals surface area contributed by atoms with Gasteiger partial charge in [-0.1, -0.05) is 162 Å². The van der Waals surface area contributed by atoms with Crippen molar-refractivity contribution in [3.63, 3.8) is 0 Å². The van der Waals surface area contributed by atoms with Gasteiger partial charge in [0.05, 0.1) is 13.6 Å². The van der Waals surface area contributed by atoms with Crippen molar-refractivity contribution >= 4 is 0 Å². The minimum atomic E-state index is 1.21. The molecule has 1 heterocycles. The fourth-order valence-corrected chi connectivity index (χ4v) is 5.68. The second-order valence-electron chi connectivity index (χ2n) is 11.8. The molecule has 0 spiro atoms. The fraction of sp³-hybridized carbons (Fsp3) is 0.912. The summed E-state index contributed by atoms with van der Waals surface area (Å²) in [5, 5.41) is 0. The molecule has 0 aliphatic heterocycles. The second kappa shape index (κ2) is 25.8. The monoisotopic (exact) mass is 504 g/mol. The minimum absolute atomic E-state index is 1.21. The summed E-state index contributed by atoms with van der Waals surface area (Å²) in [5.74, 6) is 1.54. The number of aryl methyl sites for hydroxylation is 2. The first-order chi connectivity index (χ1) is 17.8. The van der Waals surface area contributed by atoms with Crippen molar-refractivity contribution in [3.05, 3.63) is 18.2 Å². The number of rotatable bonds is 28. The zero-order chi connectivity index (χ0) is 25.9. The Morgan fingerprint density at radius 1 is 0.472 bits per heavy atom. The third kappa shape index (κ3) is 19.3. The highest BCUT2D eigenvalue weighted by atomic mass is 15.1. The van der Waals surface area contributed by atoms with Crippen LogP contribution in [0.3, 0.4) is 0 Å². The van der Waals surface area contributed by atoms with E-state index < -0.39 is 0 Å². The molecule has 212 valence electrons. The predicted octanol–water partition coefficient (Wildman–Crippen LogP) is 11.0. The molecule has 0 radical (unpaired) electrons. The largest absolute Gasteiger partial charge is 0.256 e. The molecule has 0 unspecified atom stereocenters. The second-order valence-corrected chi connectivity index (χ2v) is 11.8. The maximum atomic E-state index is 2.54. The highest BCUT2D eigenvalue weighted by Crippen LogP contribution is 2.15. The van der Waals surface area contributed by atoms with Gasteiger partial charge in [-0.05, 0) is 19.3 Å². The van der Waals surface area contributed by atoms with E-state index in [1.807, 2.05) is 0 Å². The smallest absolute Gasteiger partial charge is 0.237 e. The summed E-state index contributed by atoms with van der Waals surface area (Å²) < 4.78 is 4.90. The van der Waals surface area contributed by atoms with Crippen molar-refractivity contribution in [3.8, 4) is 0 Å². The first-order valence-electron chi connectivity index (χ1n) is 16.8. The number of hydrogen-bond donors (Lipinski definition) is 0. The Bertz CT molecular complexity index is 562. The van der Waals surface area contributed by atoms with Crippen molar-refractivity contribution in [2.45, 2.75) is 194 Å². The van der Waals surface area contributed by atoms with Crippen molar-refractivity contribution in [2.24, 2.45) is 7.05 Å². The summed E-state index contributed by atoms with van der Waals surface area (Å²) in [6.45, 7) is 5.82. The Hall–Kier alpha value is -0.790. The van der Waals surface area contributed by atoms with Crippen LogP contribution < -0.4 is 4.57 Å². The molecule has 0 N–H and O–H groups in total. The van der Waals surface area contributed by atoms with E-state index in [2.05, 4.69) is 42.4 Å². The van der Waals surface area contributed by atoms with Crippen LogP contribution in [0, 0.1) is 0 Å². The normalized spacial score (nSPS) is 11.5. The van der Waals surface area contributed by atoms with Crippen molar-refractivity contribution in [2.75, 3.05) is 0 Å². The van der Waals surface area contributed by atoms with Crippen molar-refractivity contribution in [1.29, 1.82) is 0 Å². The Kier molecular flexibility index (Phi) is 23.9. The average Bonchev–Trinajstić information content (AvgIpc) is 3.23. The molecule has 0 saturated heterocycles. The van der Waals surface area contributed by atoms with Crippen LogP contribution in [0.4, 0.5) is 0 Å². The molecule has 0 atom stereocenters. The van der Waals surface area contributed by atoms with Gasteiger partial charge < -0.3 is 0 Å². The van der Waals surface area contributed by atoms with Crippen LogP contribution in [0.15, 0.2) is 12.4 Å². The fourth-order valence-electron chi connectivity index (χ4n) is 5.68. The lowest BCUT2D eigenvalue weighted by Gasteiger charge is -2.05. The summed E-state index contributed by atoms with van der Waals surface area (Å²) in [5.41, 5.74) is 0. The van der Waals surface area contributed by atoms with E-state index in [1.165, 1.54) is 186 Å². The first-order valence-corrected chi connectivity index (χ1v) is 16.8. The van der Waals surface area contributed by atoms with E-state index in [9.17, 15) is 0 Å². The molecule has 0 bridgehead atoms. The standard InChI is InChI=1S/C34H67N2/c1-4-6-8-10-12-14-16-17-18-19-20-22-24-26-28-30-34-35(3)32-33-36(34)31-29-27-25-23-21-15-13-11-9-7-5-2/h32-33H,4-31H2,1-3H3/q+1. The summed E-state index contributed by atoms with van der Waals surface area (Å²) in [7, 11) is 2.23. The minimum Gasteiger partial charge on any atom is -0.237 e. The lowest BCUT2D eigenvalue weighted by atomic mass is 10.0. The average molecular weight is 504 g/mol. The summed E-state index contributed by atoms with van der Waals surface area (Å²) >= 11 is 0. The van der Waals surface area contributed by atoms with E-state index in [0.717, 1.165) is 0 Å². The van der Waals surface area contributed by atoms with Crippen molar-refractivity contribution in [1.82, 2.24) is 4.57 Å². The summed E-state index contributed by atoms with van der Waals surface area (Å²) in [6, 6.07) is 0. The third-order valence-electron chi connectivity index (χ3n) is 8.22. The number of aromatic nitrogens is 2. The van der Waals surface area contributed by atoms with Gasteiger partial charge >= 0.3 is 0 Å². The molecular weight excluding hydrogens is 436 g/mol. The molecule has 2 heteroatoms. The molecule has 0 aliphatic rings. The van der Waals surface area contributed by atoms with Gasteiger partial charge in [0.15, 0.2) is 0 Å². The Balaban J connectivity index is 1.93. The highest BCUT2D eigenvalue weighted by Gasteiger charge is 2.13. The van der Waals surface area contributed by atoms with E-state index in [0.29, 0.717) is 0 Å². The Morgan fingerprint density at radius 3 is 1.19 bits per heavy atom. The predicted molar refractivity (Wildman–Crippen MR) is 161 cm³/mol. The van der Waals surface area contributed by atoms with E-state index in [1.54, 1.807) is 0 Å². The van der Waals surface area contributed by atoms with Gasteiger partial charge in [0, 0.05) is 6.42 Å². The molecule has 1 aromatic heterocycles. The zero-order valence-corrected chi connectivity index (χ0v) is 25.3. The number of imidazole rings is 1. The Morgan fingerprint density at radius 2 is 0.806 bits per heavy atom. The van der Waals surface area contributed by atoms with E-state index in [-0.39, 0.29) is 0 Å². The van der Waals surface area contributed by atoms with E-state index >= 15 is 0 Å². The number of unbranched alkanes of at least 4 members (excludes halogenated alkanes) is 24. The molecule has 1 rings (SSSR count). The van der Waals surface area contributed by atoms with Gasteiger partial charge in [-0.3, -0.25) is 0 Å². The topological polar surface area (TPSA) is 8.81 Å². The number of nitrogens with zero attached hydrogens (tertiary/aromatic N) is 2. The molecule has 0 amide bonds. The van der Waals surface area contributed by atoms with Gasteiger partial charge in [-0.15, -0.1) is 0 Å². The lowest BCUT2D eigenvalue weighted by Crippen LogP contribution is -2.32. The maximum Gasteiger partial charge on any atom is 0.256 e. The first kappa shape index (κ1) is 33.2. The zero-order valence-electron chi connectivity index (χ0n) is 25.3. The SMILES string of the molecule is CCCCCCCCCCCCCCCCCc1n(CCCCCCCCCCCCC)cc[n+]1C. The van der Waals surface area contributed by atoms with Crippen LogP contribution in [0.5, 0.6) is 0 Å². The van der Waals surface area contributed by atoms with Crippen LogP contribution in [0.25, 0.3) is 0 Å². The molecule has 0 aromatic carbocycles. The van der Waals surface area contributed by atoms with Crippen LogP contribution in [0.1, 0.15) is 187 Å². The Labute approximate surface area is 228 Å². The van der Waals surface area contributed by atoms with E-state index in [4.69, 9.17) is 0 Å². The molecule has 2 nitrogen and oxygen atoms in total. The van der Waals surface area contributed by atoms with Gasteiger partial charge in [-0.2, -0.15) is 0 Å². The molecule has 36 heavy (non-hydrogen) atoms. The summed E-state index contributed by atoms with van der Waals surface area (Å²) in [6.07, 6.45) is 43.2. The van der Waals surface area contributed by atoms with Crippen LogP contribution in [-0.2, 0) is 20.0 Å². The number of hydrogen-bond acceptors (Lipinski definition) is 0. The van der Waals surface area contributed by atoms with Crippen LogP contribution >= 0.6 is 0 Å². The highest BCUT2D eigenvalue weighted by molar-refractivity contribution is 4.84. The molecule has 0 fully saturated rings. The molecule has 1 aromatic rings. The van der Waals surface area contributed by atoms with Gasteiger partial charge in [0.25, 0.3) is 5.82 Å². The van der Waals surface area contributed by atoms with Gasteiger partial charge in [0.1, 0.15) is 12.4 Å².